The lowest BCUT2D eigenvalue weighted by molar-refractivity contribution is -0.0407. The van der Waals surface area contributed by atoms with Crippen LogP contribution in [0.2, 0.25) is 0 Å². The fourth-order valence-electron chi connectivity index (χ4n) is 4.94. The molecule has 9 atom stereocenters. The van der Waals surface area contributed by atoms with Crippen molar-refractivity contribution in [3.63, 3.8) is 0 Å². The number of alkyl halides is 2. The Hall–Kier alpha value is -2.87. The number of aliphatic hydroxyl groups is 2. The minimum atomic E-state index is -4.25. The van der Waals surface area contributed by atoms with Gasteiger partial charge < -0.3 is 35.5 Å². The first kappa shape index (κ1) is 28.3. The van der Waals surface area contributed by atoms with Crippen LogP contribution in [0.4, 0.5) is 20.5 Å². The molecule has 0 radical (unpaired) electrons. The summed E-state index contributed by atoms with van der Waals surface area (Å²) in [6.45, 7) is -5.47. The molecule has 2 fully saturated rings. The Morgan fingerprint density at radius 2 is 1.88 bits per heavy atom. The van der Waals surface area contributed by atoms with Gasteiger partial charge in [-0.3, -0.25) is 18.9 Å². The number of imidazole rings is 2. The molecule has 220 valence electrons. The van der Waals surface area contributed by atoms with Crippen molar-refractivity contribution in [3.8, 4) is 0 Å². The van der Waals surface area contributed by atoms with Crippen LogP contribution in [-0.4, -0.2) is 97.9 Å². The zero-order chi connectivity index (χ0) is 29.2. The first-order valence-corrected chi connectivity index (χ1v) is 15.8. The Bertz CT molecular complexity index is 1720. The Balaban J connectivity index is 1.25. The topological polar surface area (TPSA) is 235 Å². The molecule has 16 nitrogen and oxygen atoms in total. The molecule has 0 aromatic carbocycles. The summed E-state index contributed by atoms with van der Waals surface area (Å²) >= 11 is 5.12. The molecule has 7 N–H and O–H groups in total. The van der Waals surface area contributed by atoms with E-state index < -0.39 is 72.4 Å². The predicted octanol–water partition coefficient (Wildman–Crippen LogP) is 0.173. The number of nitrogen functional groups attached to an aromatic ring is 2. The third-order valence-electron chi connectivity index (χ3n) is 6.95. The smallest absolute Gasteiger partial charge is 0.280 e. The number of halogens is 2. The average molecular weight is 633 g/mol. The average Bonchev–Trinajstić information content (AvgIpc) is 3.68. The molecule has 6 rings (SSSR count). The highest BCUT2D eigenvalue weighted by atomic mass is 32.7. The summed E-state index contributed by atoms with van der Waals surface area (Å²) in [5.74, 6) is -0.148. The largest absolute Gasteiger partial charge is 0.395 e. The van der Waals surface area contributed by atoms with Gasteiger partial charge in [0.05, 0.1) is 36.5 Å². The molecule has 21 heteroatoms. The molecular formula is C20H23F2N10O6PS2. The maximum atomic E-state index is 15.6. The fraction of sp³-hybridized carbons (Fsp3) is 0.500. The van der Waals surface area contributed by atoms with E-state index in [1.807, 2.05) is 0 Å². The number of hydrogen-bond donors (Lipinski definition) is 6. The number of hydrogen-bond acceptors (Lipinski definition) is 14. The number of nitrogens with one attached hydrogen (secondary N) is 1. The quantitative estimate of drug-likeness (QED) is 0.118. The third-order valence-corrected chi connectivity index (χ3v) is 11.7. The first-order valence-electron chi connectivity index (χ1n) is 12.0. The van der Waals surface area contributed by atoms with E-state index in [4.69, 9.17) is 20.7 Å². The Labute approximate surface area is 237 Å². The van der Waals surface area contributed by atoms with Crippen LogP contribution in [0.3, 0.4) is 0 Å². The molecule has 4 aromatic heterocycles. The van der Waals surface area contributed by atoms with Crippen LogP contribution >= 0.6 is 30.6 Å². The molecule has 2 aliphatic heterocycles. The normalized spacial score (nSPS) is 31.7. The number of thioether (sulfide) groups is 1. The molecule has 0 saturated carbocycles. The van der Waals surface area contributed by atoms with Crippen LogP contribution < -0.4 is 17.0 Å². The number of fused-ring (bicyclic) bond motifs is 2. The molecule has 0 bridgehead atoms. The van der Waals surface area contributed by atoms with Gasteiger partial charge in [-0.2, -0.15) is 4.98 Å². The summed E-state index contributed by atoms with van der Waals surface area (Å²) in [6.07, 6.45) is -4.67. The second-order valence-electron chi connectivity index (χ2n) is 9.40. The second kappa shape index (κ2) is 10.4. The maximum Gasteiger partial charge on any atom is 0.280 e. The minimum absolute atomic E-state index is 0.00235. The Morgan fingerprint density at radius 1 is 1.15 bits per heavy atom. The van der Waals surface area contributed by atoms with Crippen molar-refractivity contribution < 1.29 is 32.8 Å². The van der Waals surface area contributed by atoms with Gasteiger partial charge in [0, 0.05) is 0 Å². The van der Waals surface area contributed by atoms with Gasteiger partial charge in [-0.25, -0.2) is 28.7 Å². The molecule has 2 saturated heterocycles. The van der Waals surface area contributed by atoms with Crippen LogP contribution in [0.5, 0.6) is 0 Å². The predicted molar refractivity (Wildman–Crippen MR) is 146 cm³/mol. The van der Waals surface area contributed by atoms with Crippen molar-refractivity contribution in [3.05, 3.63) is 29.3 Å². The van der Waals surface area contributed by atoms with Gasteiger partial charge in [-0.05, 0) is 0 Å². The van der Waals surface area contributed by atoms with Crippen LogP contribution in [-0.2, 0) is 13.8 Å². The molecule has 2 aliphatic rings. The summed E-state index contributed by atoms with van der Waals surface area (Å²) in [5, 5.41) is 18.3. The number of aliphatic hydroxyl groups excluding tert-OH is 2. The van der Waals surface area contributed by atoms with Gasteiger partial charge in [0.1, 0.15) is 35.9 Å². The van der Waals surface area contributed by atoms with Crippen LogP contribution in [0, 0.1) is 0 Å². The minimum Gasteiger partial charge on any atom is -0.395 e. The Morgan fingerprint density at radius 3 is 2.63 bits per heavy atom. The zero-order valence-corrected chi connectivity index (χ0v) is 23.2. The highest BCUT2D eigenvalue weighted by Crippen LogP contribution is 2.67. The van der Waals surface area contributed by atoms with Gasteiger partial charge in [-0.1, -0.05) is 12.2 Å². The van der Waals surface area contributed by atoms with Crippen molar-refractivity contribution in [2.24, 2.45) is 0 Å². The number of rotatable bonds is 7. The van der Waals surface area contributed by atoms with Crippen LogP contribution in [0.25, 0.3) is 22.3 Å². The van der Waals surface area contributed by atoms with Crippen molar-refractivity contribution >= 4 is 64.7 Å². The van der Waals surface area contributed by atoms with Crippen molar-refractivity contribution in [2.45, 2.75) is 47.1 Å². The van der Waals surface area contributed by atoms with Gasteiger partial charge in [0.15, 0.2) is 35.0 Å². The molecule has 4 aromatic rings. The van der Waals surface area contributed by atoms with E-state index >= 15 is 8.78 Å². The van der Waals surface area contributed by atoms with E-state index in [0.29, 0.717) is 0 Å². The molecular weight excluding hydrogens is 609 g/mol. The first-order chi connectivity index (χ1) is 19.5. The third kappa shape index (κ3) is 4.66. The highest BCUT2D eigenvalue weighted by molar-refractivity contribution is 8.46. The van der Waals surface area contributed by atoms with E-state index in [0.717, 1.165) is 11.8 Å². The lowest BCUT2D eigenvalue weighted by Gasteiger charge is -2.27. The number of thiol groups is 1. The number of aromatic nitrogens is 8. The second-order valence-corrected chi connectivity index (χ2v) is 14.4. The number of nitrogens with zero attached hydrogens (tertiary/aromatic N) is 7. The molecule has 0 aliphatic carbocycles. The van der Waals surface area contributed by atoms with E-state index in [9.17, 15) is 19.6 Å². The van der Waals surface area contributed by atoms with Crippen molar-refractivity contribution in [1.82, 2.24) is 39.0 Å². The molecule has 0 amide bonds. The van der Waals surface area contributed by atoms with Gasteiger partial charge in [-0.15, -0.1) is 11.8 Å². The summed E-state index contributed by atoms with van der Waals surface area (Å²) in [6, 6.07) is 0. The molecule has 0 spiro atoms. The van der Waals surface area contributed by atoms with Crippen LogP contribution in [0.1, 0.15) is 11.6 Å². The van der Waals surface area contributed by atoms with E-state index in [-0.39, 0.29) is 34.1 Å². The maximum absolute atomic E-state index is 15.6. The van der Waals surface area contributed by atoms with Gasteiger partial charge >= 0.3 is 0 Å². The lowest BCUT2D eigenvalue weighted by Crippen LogP contribution is -2.33. The van der Waals surface area contributed by atoms with Crippen molar-refractivity contribution in [1.29, 1.82) is 0 Å². The van der Waals surface area contributed by atoms with E-state index in [2.05, 4.69) is 42.2 Å². The SMILES string of the molecule is Nc1nc2c(ncn2C2S[C@H](CO)[C@H](F)[C@H]2P(=O)(S)OC[C@H]2O[C@@H](n3cnc4c(N)ncnc43)[C@@H](F)[C@@H]2O)c(=O)[nH]1. The number of ether oxygens (including phenoxy) is 1. The number of anilines is 2. The van der Waals surface area contributed by atoms with E-state index in [1.54, 1.807) is 0 Å². The molecule has 6 heterocycles. The number of aromatic amines is 1. The number of nitrogens with two attached hydrogens (primary N) is 2. The monoisotopic (exact) mass is 632 g/mol. The molecule has 2 unspecified atom stereocenters. The van der Waals surface area contributed by atoms with Crippen LogP contribution in [0.15, 0.2) is 23.8 Å². The van der Waals surface area contributed by atoms with Crippen molar-refractivity contribution in [2.75, 3.05) is 24.7 Å². The highest BCUT2D eigenvalue weighted by Gasteiger charge is 2.55. The molecule has 41 heavy (non-hydrogen) atoms. The summed E-state index contributed by atoms with van der Waals surface area (Å²) in [5.41, 5.74) is 9.64. The van der Waals surface area contributed by atoms with Gasteiger partial charge in [0.2, 0.25) is 5.95 Å². The lowest BCUT2D eigenvalue weighted by atomic mass is 10.1. The summed E-state index contributed by atoms with van der Waals surface area (Å²) in [7, 11) is 0. The Kier molecular flexibility index (Phi) is 7.20. The number of H-pyrrole nitrogens is 1. The van der Waals surface area contributed by atoms with Gasteiger partial charge in [0.25, 0.3) is 12.1 Å². The summed E-state index contributed by atoms with van der Waals surface area (Å²) in [4.78, 5) is 34.6. The standard InChI is InChI=1S/C20H23F2N10O6PS2/c21-8-7(1-33)41-19(32-5-28-11-16(32)29-20(24)30-17(11)35)13(8)39(36,40)37-2-6-12(34)9(22)18(38-6)31-4-27-10-14(23)25-3-26-15(10)31/h3-9,12-13,18-19,33-34H,1-2H2,(H,36,40)(H2,23,25,26)(H3,24,29,30,35)/t6-,7-,8+,9+,12-,13-,18-,19?,39?/m1/s1. The fourth-order valence-corrected chi connectivity index (χ4v) is 9.91. The van der Waals surface area contributed by atoms with E-state index in [1.165, 1.54) is 28.1 Å². The summed E-state index contributed by atoms with van der Waals surface area (Å²) < 4.78 is 58.4. The zero-order valence-electron chi connectivity index (χ0n) is 20.6.